The average molecular weight is 362 g/mol. The Labute approximate surface area is 159 Å². The van der Waals surface area contributed by atoms with E-state index in [1.165, 1.54) is 0 Å². The molecule has 0 bridgehead atoms. The summed E-state index contributed by atoms with van der Waals surface area (Å²) in [4.78, 5) is 9.91. The van der Waals surface area contributed by atoms with Crippen LogP contribution in [0.5, 0.6) is 0 Å². The molecule has 0 atom stereocenters. The molecular formula is C22H14N6. The van der Waals surface area contributed by atoms with Crippen molar-refractivity contribution in [3.05, 3.63) is 73.1 Å². The van der Waals surface area contributed by atoms with Gasteiger partial charge in [0.25, 0.3) is 0 Å². The number of fused-ring (bicyclic) bond motifs is 5. The Morgan fingerprint density at radius 1 is 0.500 bits per heavy atom. The molecule has 28 heavy (non-hydrogen) atoms. The van der Waals surface area contributed by atoms with Crippen LogP contribution in [-0.4, -0.2) is 30.4 Å². The number of aromatic amines is 2. The molecule has 0 aliphatic heterocycles. The summed E-state index contributed by atoms with van der Waals surface area (Å²) in [5, 5.41) is 18.4. The molecule has 2 N–H and O–H groups in total. The highest BCUT2D eigenvalue weighted by molar-refractivity contribution is 6.17. The third-order valence-electron chi connectivity index (χ3n) is 5.05. The van der Waals surface area contributed by atoms with Gasteiger partial charge in [-0.3, -0.25) is 10.2 Å². The van der Waals surface area contributed by atoms with Gasteiger partial charge in [0.2, 0.25) is 0 Å². The van der Waals surface area contributed by atoms with Gasteiger partial charge in [0, 0.05) is 28.6 Å². The maximum Gasteiger partial charge on any atom is 0.0888 e. The van der Waals surface area contributed by atoms with Crippen molar-refractivity contribution in [3.63, 3.8) is 0 Å². The Bertz CT molecular complexity index is 1340. The number of aromatic nitrogens is 6. The largest absolute Gasteiger partial charge is 0.276 e. The number of rotatable bonds is 2. The van der Waals surface area contributed by atoms with Gasteiger partial charge < -0.3 is 0 Å². The lowest BCUT2D eigenvalue weighted by molar-refractivity contribution is 1.09. The van der Waals surface area contributed by atoms with Crippen molar-refractivity contribution in [1.82, 2.24) is 30.4 Å². The zero-order valence-corrected chi connectivity index (χ0v) is 14.7. The predicted molar refractivity (Wildman–Crippen MR) is 110 cm³/mol. The number of nitrogens with zero attached hydrogens (tertiary/aromatic N) is 4. The van der Waals surface area contributed by atoms with Crippen LogP contribution in [0, 0.1) is 0 Å². The van der Waals surface area contributed by atoms with Crippen LogP contribution in [-0.2, 0) is 0 Å². The van der Waals surface area contributed by atoms with Crippen LogP contribution in [0.15, 0.2) is 73.1 Å². The fraction of sp³-hybridized carbons (Fsp3) is 0. The molecule has 0 fully saturated rings. The Morgan fingerprint density at radius 3 is 1.43 bits per heavy atom. The van der Waals surface area contributed by atoms with Crippen molar-refractivity contribution in [2.75, 3.05) is 0 Å². The molecule has 6 aromatic rings. The lowest BCUT2D eigenvalue weighted by Crippen LogP contribution is -1.91. The minimum atomic E-state index is 0.860. The standard InChI is InChI=1S/C22H14N6/c1-3-14-5-7-16(18-9-11-23-27-18)25-21(14)20-13(1)2-4-15-6-8-17(26-22(15)20)19-10-12-24-28-19/h1-12H,(H,23,27)(H,24,28). The molecule has 4 heterocycles. The summed E-state index contributed by atoms with van der Waals surface area (Å²) in [6.45, 7) is 0. The highest BCUT2D eigenvalue weighted by Crippen LogP contribution is 2.32. The van der Waals surface area contributed by atoms with Crippen molar-refractivity contribution in [2.24, 2.45) is 0 Å². The van der Waals surface area contributed by atoms with Crippen molar-refractivity contribution in [1.29, 1.82) is 0 Å². The fourth-order valence-electron chi connectivity index (χ4n) is 3.67. The first kappa shape index (κ1) is 15.0. The summed E-state index contributed by atoms with van der Waals surface area (Å²) in [6.07, 6.45) is 3.47. The molecule has 2 aromatic carbocycles. The van der Waals surface area contributed by atoms with E-state index in [0.717, 1.165) is 55.4 Å². The highest BCUT2D eigenvalue weighted by atomic mass is 15.1. The Hall–Kier alpha value is -4.06. The molecule has 0 saturated heterocycles. The van der Waals surface area contributed by atoms with E-state index in [0.29, 0.717) is 0 Å². The first-order valence-corrected chi connectivity index (χ1v) is 8.99. The number of hydrogen-bond acceptors (Lipinski definition) is 4. The zero-order chi connectivity index (χ0) is 18.5. The van der Waals surface area contributed by atoms with Gasteiger partial charge in [0.1, 0.15) is 0 Å². The molecule has 6 heteroatoms. The van der Waals surface area contributed by atoms with Crippen molar-refractivity contribution >= 4 is 32.6 Å². The smallest absolute Gasteiger partial charge is 0.0888 e. The van der Waals surface area contributed by atoms with Crippen LogP contribution in [0.4, 0.5) is 0 Å². The molecular weight excluding hydrogens is 348 g/mol. The molecule has 132 valence electrons. The number of nitrogens with one attached hydrogen (secondary N) is 2. The molecule has 0 aliphatic rings. The van der Waals surface area contributed by atoms with E-state index in [2.05, 4.69) is 56.8 Å². The maximum absolute atomic E-state index is 4.96. The second-order valence-electron chi connectivity index (χ2n) is 6.71. The van der Waals surface area contributed by atoms with Gasteiger partial charge in [-0.25, -0.2) is 9.97 Å². The van der Waals surface area contributed by atoms with Gasteiger partial charge in [0.05, 0.1) is 33.8 Å². The van der Waals surface area contributed by atoms with E-state index >= 15 is 0 Å². The first-order valence-electron chi connectivity index (χ1n) is 8.99. The van der Waals surface area contributed by atoms with Crippen molar-refractivity contribution in [2.45, 2.75) is 0 Å². The minimum absolute atomic E-state index is 0.860. The van der Waals surface area contributed by atoms with Gasteiger partial charge in [0.15, 0.2) is 0 Å². The van der Waals surface area contributed by atoms with E-state index in [9.17, 15) is 0 Å². The molecule has 6 nitrogen and oxygen atoms in total. The molecule has 0 amide bonds. The van der Waals surface area contributed by atoms with E-state index in [1.54, 1.807) is 12.4 Å². The average Bonchev–Trinajstić information content (AvgIpc) is 3.46. The molecule has 6 rings (SSSR count). The lowest BCUT2D eigenvalue weighted by Gasteiger charge is -2.09. The third-order valence-corrected chi connectivity index (χ3v) is 5.05. The van der Waals surface area contributed by atoms with Gasteiger partial charge in [-0.2, -0.15) is 10.2 Å². The Kier molecular flexibility index (Phi) is 3.07. The summed E-state index contributed by atoms with van der Waals surface area (Å²) in [5.41, 5.74) is 5.38. The SMILES string of the molecule is c1cc(-c2ccc3ccc4ccc5ccc(-c6ccn[nH]6)nc5c4c3n2)[nH]n1. The van der Waals surface area contributed by atoms with Gasteiger partial charge in [-0.1, -0.05) is 36.4 Å². The number of benzene rings is 2. The van der Waals surface area contributed by atoms with Crippen LogP contribution < -0.4 is 0 Å². The Morgan fingerprint density at radius 2 is 0.964 bits per heavy atom. The second kappa shape index (κ2) is 5.72. The van der Waals surface area contributed by atoms with Crippen LogP contribution in [0.25, 0.3) is 55.4 Å². The molecule has 0 aliphatic carbocycles. The van der Waals surface area contributed by atoms with Crippen molar-refractivity contribution in [3.8, 4) is 22.8 Å². The molecule has 4 aromatic heterocycles. The molecule has 0 spiro atoms. The third kappa shape index (κ3) is 2.21. The zero-order valence-electron chi connectivity index (χ0n) is 14.7. The highest BCUT2D eigenvalue weighted by Gasteiger charge is 2.11. The number of H-pyrrole nitrogens is 2. The van der Waals surface area contributed by atoms with Gasteiger partial charge in [-0.15, -0.1) is 0 Å². The quantitative estimate of drug-likeness (QED) is 0.437. The van der Waals surface area contributed by atoms with Gasteiger partial charge >= 0.3 is 0 Å². The Balaban J connectivity index is 1.73. The maximum atomic E-state index is 4.96. The fourth-order valence-corrected chi connectivity index (χ4v) is 3.67. The summed E-state index contributed by atoms with van der Waals surface area (Å²) in [7, 11) is 0. The lowest BCUT2D eigenvalue weighted by atomic mass is 10.0. The molecule has 0 radical (unpaired) electrons. The molecule has 0 unspecified atom stereocenters. The monoisotopic (exact) mass is 362 g/mol. The summed E-state index contributed by atoms with van der Waals surface area (Å²) in [5.74, 6) is 0. The van der Waals surface area contributed by atoms with Gasteiger partial charge in [-0.05, 0) is 29.7 Å². The van der Waals surface area contributed by atoms with E-state index in [1.807, 2.05) is 24.3 Å². The van der Waals surface area contributed by atoms with Crippen LogP contribution in [0.1, 0.15) is 0 Å². The second-order valence-corrected chi connectivity index (χ2v) is 6.71. The van der Waals surface area contributed by atoms with Crippen LogP contribution in [0.2, 0.25) is 0 Å². The molecule has 0 saturated carbocycles. The van der Waals surface area contributed by atoms with E-state index in [4.69, 9.17) is 9.97 Å². The predicted octanol–water partition coefficient (Wildman–Crippen LogP) is 4.72. The van der Waals surface area contributed by atoms with Crippen molar-refractivity contribution < 1.29 is 0 Å². The summed E-state index contributed by atoms with van der Waals surface area (Å²) in [6, 6.07) is 20.5. The number of hydrogen-bond donors (Lipinski definition) is 2. The van der Waals surface area contributed by atoms with E-state index < -0.39 is 0 Å². The summed E-state index contributed by atoms with van der Waals surface area (Å²) >= 11 is 0. The number of pyridine rings is 2. The van der Waals surface area contributed by atoms with E-state index in [-0.39, 0.29) is 0 Å². The minimum Gasteiger partial charge on any atom is -0.276 e. The normalized spacial score (nSPS) is 11.6. The van der Waals surface area contributed by atoms with Crippen LogP contribution >= 0.6 is 0 Å². The summed E-state index contributed by atoms with van der Waals surface area (Å²) < 4.78 is 0. The van der Waals surface area contributed by atoms with Crippen LogP contribution in [0.3, 0.4) is 0 Å². The topological polar surface area (TPSA) is 83.1 Å². The first-order chi connectivity index (χ1) is 13.9.